The summed E-state index contributed by atoms with van der Waals surface area (Å²) in [5, 5.41) is 1.17. The minimum Gasteiger partial charge on any atom is -0.498 e. The molecular weight excluding hydrogens is 363 g/mol. The van der Waals surface area contributed by atoms with Gasteiger partial charge >= 0.3 is 0 Å². The van der Waals surface area contributed by atoms with Crippen molar-refractivity contribution in [1.82, 2.24) is 9.88 Å². The number of hydrogen-bond donors (Lipinski definition) is 1. The van der Waals surface area contributed by atoms with Crippen LogP contribution >= 0.6 is 0 Å². The molecule has 0 saturated heterocycles. The monoisotopic (exact) mass is 386 g/mol. The van der Waals surface area contributed by atoms with Gasteiger partial charge in [-0.1, -0.05) is 48.6 Å². The van der Waals surface area contributed by atoms with Crippen molar-refractivity contribution in [2.45, 2.75) is 18.9 Å². The normalized spacial score (nSPS) is 17.3. The van der Waals surface area contributed by atoms with Crippen LogP contribution < -0.4 is 0 Å². The Morgan fingerprint density at radius 1 is 1.10 bits per heavy atom. The molecule has 1 N–H and O–H groups in total. The molecule has 0 spiro atoms. The SMILES string of the molecule is Fc1cccc(C(c2c(C3=CC=CCC3)[nH]c3ccccc23)N2C=COCC2)c1. The number of benzene rings is 2. The fourth-order valence-electron chi connectivity index (χ4n) is 4.35. The van der Waals surface area contributed by atoms with Gasteiger partial charge in [0.25, 0.3) is 0 Å². The molecule has 0 radical (unpaired) electrons. The number of ether oxygens (including phenoxy) is 1. The van der Waals surface area contributed by atoms with Crippen LogP contribution in [0.1, 0.15) is 35.7 Å². The lowest BCUT2D eigenvalue weighted by Crippen LogP contribution is -2.30. The minimum absolute atomic E-state index is 0.108. The molecule has 3 nitrogen and oxygen atoms in total. The van der Waals surface area contributed by atoms with Gasteiger partial charge in [-0.3, -0.25) is 0 Å². The van der Waals surface area contributed by atoms with Crippen molar-refractivity contribution >= 4 is 16.5 Å². The maximum absolute atomic E-state index is 14.2. The van der Waals surface area contributed by atoms with Crippen molar-refractivity contribution in [3.8, 4) is 0 Å². The van der Waals surface area contributed by atoms with Crippen LogP contribution in [0, 0.1) is 5.82 Å². The average molecular weight is 386 g/mol. The fraction of sp³-hybridized carbons (Fsp3) is 0.200. The predicted octanol–water partition coefficient (Wildman–Crippen LogP) is 5.93. The summed E-state index contributed by atoms with van der Waals surface area (Å²) in [5.74, 6) is -0.217. The highest BCUT2D eigenvalue weighted by Crippen LogP contribution is 2.41. The van der Waals surface area contributed by atoms with E-state index in [0.29, 0.717) is 6.61 Å². The zero-order chi connectivity index (χ0) is 19.6. The Labute approximate surface area is 169 Å². The van der Waals surface area contributed by atoms with Gasteiger partial charge < -0.3 is 14.6 Å². The summed E-state index contributed by atoms with van der Waals surface area (Å²) in [6, 6.07) is 15.2. The molecule has 4 heteroatoms. The van der Waals surface area contributed by atoms with Crippen molar-refractivity contribution in [3.63, 3.8) is 0 Å². The molecule has 0 bridgehead atoms. The number of nitrogens with one attached hydrogen (secondary N) is 1. The molecule has 1 unspecified atom stereocenters. The van der Waals surface area contributed by atoms with Gasteiger partial charge in [-0.05, 0) is 42.2 Å². The largest absolute Gasteiger partial charge is 0.498 e. The first-order valence-corrected chi connectivity index (χ1v) is 10.1. The molecule has 2 heterocycles. The summed E-state index contributed by atoms with van der Waals surface area (Å²) in [6.45, 7) is 1.36. The van der Waals surface area contributed by atoms with E-state index < -0.39 is 0 Å². The number of allylic oxidation sites excluding steroid dienone is 4. The Morgan fingerprint density at radius 3 is 2.83 bits per heavy atom. The first kappa shape index (κ1) is 17.8. The molecule has 1 aliphatic heterocycles. The molecule has 0 amide bonds. The van der Waals surface area contributed by atoms with E-state index in [1.165, 1.54) is 22.6 Å². The van der Waals surface area contributed by atoms with Crippen molar-refractivity contribution < 1.29 is 9.13 Å². The molecule has 2 aliphatic rings. The fourth-order valence-corrected chi connectivity index (χ4v) is 4.35. The second-order valence-corrected chi connectivity index (χ2v) is 7.47. The first-order chi connectivity index (χ1) is 14.3. The Balaban J connectivity index is 1.77. The van der Waals surface area contributed by atoms with E-state index in [1.807, 2.05) is 18.3 Å². The van der Waals surface area contributed by atoms with Crippen LogP contribution in [0.4, 0.5) is 4.39 Å². The van der Waals surface area contributed by atoms with E-state index in [4.69, 9.17) is 4.74 Å². The molecule has 2 aromatic carbocycles. The number of rotatable bonds is 4. The topological polar surface area (TPSA) is 28.3 Å². The van der Waals surface area contributed by atoms with Gasteiger partial charge in [-0.2, -0.15) is 0 Å². The maximum Gasteiger partial charge on any atom is 0.123 e. The van der Waals surface area contributed by atoms with Crippen molar-refractivity contribution in [3.05, 3.63) is 102 Å². The minimum atomic E-state index is -0.217. The van der Waals surface area contributed by atoms with Crippen LogP contribution in [-0.4, -0.2) is 23.0 Å². The van der Waals surface area contributed by atoms with E-state index in [1.54, 1.807) is 18.4 Å². The van der Waals surface area contributed by atoms with E-state index in [0.717, 1.165) is 36.2 Å². The molecule has 0 fully saturated rings. The van der Waals surface area contributed by atoms with Crippen LogP contribution in [0.5, 0.6) is 0 Å². The van der Waals surface area contributed by atoms with E-state index in [2.05, 4.69) is 46.3 Å². The van der Waals surface area contributed by atoms with Crippen molar-refractivity contribution in [2.75, 3.05) is 13.2 Å². The first-order valence-electron chi connectivity index (χ1n) is 10.1. The third-order valence-electron chi connectivity index (χ3n) is 5.67. The van der Waals surface area contributed by atoms with E-state index in [9.17, 15) is 4.39 Å². The number of halogens is 1. The molecule has 5 rings (SSSR count). The summed E-state index contributed by atoms with van der Waals surface area (Å²) >= 11 is 0. The van der Waals surface area contributed by atoms with Gasteiger partial charge in [-0.25, -0.2) is 4.39 Å². The molecule has 1 aromatic heterocycles. The molecule has 146 valence electrons. The molecule has 1 atom stereocenters. The number of nitrogens with zero attached hydrogens (tertiary/aromatic N) is 1. The van der Waals surface area contributed by atoms with Crippen LogP contribution in [-0.2, 0) is 4.74 Å². The van der Waals surface area contributed by atoms with Crippen LogP contribution in [0.25, 0.3) is 16.5 Å². The van der Waals surface area contributed by atoms with Gasteiger partial charge in [0.2, 0.25) is 0 Å². The van der Waals surface area contributed by atoms with Crippen molar-refractivity contribution in [2.24, 2.45) is 0 Å². The second-order valence-electron chi connectivity index (χ2n) is 7.47. The Kier molecular flexibility index (Phi) is 4.68. The summed E-state index contributed by atoms with van der Waals surface area (Å²) in [6.07, 6.45) is 12.2. The Bertz CT molecular complexity index is 1120. The number of H-pyrrole nitrogens is 1. The summed E-state index contributed by atoms with van der Waals surface area (Å²) < 4.78 is 19.7. The zero-order valence-corrected chi connectivity index (χ0v) is 16.1. The van der Waals surface area contributed by atoms with Crippen LogP contribution in [0.3, 0.4) is 0 Å². The third-order valence-corrected chi connectivity index (χ3v) is 5.67. The third kappa shape index (κ3) is 3.35. The lowest BCUT2D eigenvalue weighted by atomic mass is 9.90. The smallest absolute Gasteiger partial charge is 0.123 e. The van der Waals surface area contributed by atoms with Gasteiger partial charge in [0, 0.05) is 28.4 Å². The second kappa shape index (κ2) is 7.63. The quantitative estimate of drug-likeness (QED) is 0.602. The number of fused-ring (bicyclic) bond motifs is 1. The van der Waals surface area contributed by atoms with Gasteiger partial charge in [0.15, 0.2) is 0 Å². The number of aromatic amines is 1. The lowest BCUT2D eigenvalue weighted by molar-refractivity contribution is 0.156. The van der Waals surface area contributed by atoms with Gasteiger partial charge in [0.05, 0.1) is 18.8 Å². The van der Waals surface area contributed by atoms with Gasteiger partial charge in [-0.15, -0.1) is 0 Å². The predicted molar refractivity (Wildman–Crippen MR) is 115 cm³/mol. The van der Waals surface area contributed by atoms with Crippen LogP contribution in [0.15, 0.2) is 79.2 Å². The molecule has 3 aromatic rings. The lowest BCUT2D eigenvalue weighted by Gasteiger charge is -2.34. The highest BCUT2D eigenvalue weighted by molar-refractivity contribution is 5.90. The highest BCUT2D eigenvalue weighted by Gasteiger charge is 2.29. The molecule has 29 heavy (non-hydrogen) atoms. The Morgan fingerprint density at radius 2 is 2.03 bits per heavy atom. The molecular formula is C25H23FN2O. The van der Waals surface area contributed by atoms with Crippen LogP contribution in [0.2, 0.25) is 0 Å². The summed E-state index contributed by atoms with van der Waals surface area (Å²) in [4.78, 5) is 5.91. The number of hydrogen-bond acceptors (Lipinski definition) is 2. The zero-order valence-electron chi connectivity index (χ0n) is 16.1. The number of para-hydroxylation sites is 1. The van der Waals surface area contributed by atoms with E-state index >= 15 is 0 Å². The summed E-state index contributed by atoms with van der Waals surface area (Å²) in [5.41, 5.74) is 5.67. The average Bonchev–Trinajstić information content (AvgIpc) is 3.15. The Hall–Kier alpha value is -3.27. The number of aromatic nitrogens is 1. The van der Waals surface area contributed by atoms with Crippen molar-refractivity contribution in [1.29, 1.82) is 0 Å². The van der Waals surface area contributed by atoms with E-state index in [-0.39, 0.29) is 11.9 Å². The summed E-state index contributed by atoms with van der Waals surface area (Å²) in [7, 11) is 0. The molecule has 0 saturated carbocycles. The molecule has 1 aliphatic carbocycles. The van der Waals surface area contributed by atoms with Gasteiger partial charge in [0.1, 0.15) is 12.4 Å². The maximum atomic E-state index is 14.2. The standard InChI is InChI=1S/C25H23FN2O/c26-20-10-6-9-19(17-20)25(28-13-15-29-16-14-28)23-21-11-4-5-12-22(21)27-24(23)18-7-2-1-3-8-18/h1-2,4-7,9-13,15,17,25,27H,3,8,14,16H2. The highest BCUT2D eigenvalue weighted by atomic mass is 19.1.